The molecule has 0 spiro atoms. The van der Waals surface area contributed by atoms with Crippen molar-refractivity contribution in [1.29, 1.82) is 0 Å². The highest BCUT2D eigenvalue weighted by molar-refractivity contribution is 5.86. The maximum absolute atomic E-state index is 13.0. The summed E-state index contributed by atoms with van der Waals surface area (Å²) in [7, 11) is 0. The molecule has 33 heavy (non-hydrogen) atoms. The maximum atomic E-state index is 13.0. The fourth-order valence-corrected chi connectivity index (χ4v) is 3.37. The number of unbranched alkanes of at least 4 members (excludes halogenated alkanes) is 1. The summed E-state index contributed by atoms with van der Waals surface area (Å²) in [4.78, 5) is 37.4. The van der Waals surface area contributed by atoms with E-state index in [2.05, 4.69) is 12.2 Å². The van der Waals surface area contributed by atoms with Crippen LogP contribution in [0.25, 0.3) is 11.0 Å². The van der Waals surface area contributed by atoms with Gasteiger partial charge in [-0.1, -0.05) is 43.7 Å². The van der Waals surface area contributed by atoms with Crippen LogP contribution in [0.4, 0.5) is 4.79 Å². The van der Waals surface area contributed by atoms with Gasteiger partial charge in [0.1, 0.15) is 16.9 Å². The third-order valence-electron chi connectivity index (χ3n) is 4.85. The molecule has 0 aliphatic rings. The lowest BCUT2D eigenvalue weighted by Gasteiger charge is -2.23. The van der Waals surface area contributed by atoms with Crippen LogP contribution in [0.1, 0.15) is 57.7 Å². The van der Waals surface area contributed by atoms with Gasteiger partial charge in [-0.2, -0.15) is 0 Å². The molecule has 1 unspecified atom stereocenters. The molecule has 3 aromatic rings. The lowest BCUT2D eigenvalue weighted by molar-refractivity contribution is -0.137. The Balaban J connectivity index is 1.86. The van der Waals surface area contributed by atoms with Crippen LogP contribution in [0.3, 0.4) is 0 Å². The normalized spacial score (nSPS) is 12.2. The molecule has 3 rings (SSSR count). The van der Waals surface area contributed by atoms with Crippen LogP contribution in [0.5, 0.6) is 5.75 Å². The smallest absolute Gasteiger partial charge is 0.408 e. The van der Waals surface area contributed by atoms with Crippen molar-refractivity contribution in [3.8, 4) is 5.75 Å². The number of fused-ring (bicyclic) bond motifs is 1. The minimum absolute atomic E-state index is 0.204. The average molecular weight is 452 g/mol. The van der Waals surface area contributed by atoms with E-state index in [0.717, 1.165) is 30.2 Å². The molecule has 0 aliphatic heterocycles. The number of alkyl carbamates (subject to hydrolysis) is 1. The van der Waals surface area contributed by atoms with Crippen LogP contribution in [-0.4, -0.2) is 17.7 Å². The molecule has 1 N–H and O–H groups in total. The van der Waals surface area contributed by atoms with Crippen molar-refractivity contribution in [3.63, 3.8) is 0 Å². The number of hydrogen-bond donors (Lipinski definition) is 1. The van der Waals surface area contributed by atoms with Gasteiger partial charge < -0.3 is 19.2 Å². The molecule has 1 atom stereocenters. The van der Waals surface area contributed by atoms with E-state index in [1.54, 1.807) is 63.2 Å². The predicted octanol–water partition coefficient (Wildman–Crippen LogP) is 5.31. The van der Waals surface area contributed by atoms with Gasteiger partial charge in [0.15, 0.2) is 6.04 Å². The van der Waals surface area contributed by atoms with E-state index in [9.17, 15) is 14.4 Å². The summed E-state index contributed by atoms with van der Waals surface area (Å²) in [5.74, 6) is -0.494. The number of hydrogen-bond acceptors (Lipinski definition) is 6. The number of nitrogens with one attached hydrogen (secondary N) is 1. The van der Waals surface area contributed by atoms with Crippen molar-refractivity contribution >= 4 is 23.0 Å². The van der Waals surface area contributed by atoms with Crippen LogP contribution in [0.15, 0.2) is 63.8 Å². The Hall–Kier alpha value is -3.61. The number of carbonyl (C=O) groups excluding carboxylic acids is 2. The van der Waals surface area contributed by atoms with Gasteiger partial charge >= 0.3 is 17.7 Å². The summed E-state index contributed by atoms with van der Waals surface area (Å²) in [5.41, 5.74) is 0.610. The van der Waals surface area contributed by atoms with E-state index < -0.39 is 29.3 Å². The second-order valence-corrected chi connectivity index (χ2v) is 8.76. The Morgan fingerprint density at radius 1 is 1.06 bits per heavy atom. The summed E-state index contributed by atoms with van der Waals surface area (Å²) in [6.45, 7) is 7.29. The van der Waals surface area contributed by atoms with Gasteiger partial charge in [0.05, 0.1) is 0 Å². The number of amides is 1. The zero-order valence-corrected chi connectivity index (χ0v) is 19.3. The molecule has 7 nitrogen and oxygen atoms in total. The Bertz CT molecular complexity index is 1180. The summed E-state index contributed by atoms with van der Waals surface area (Å²) >= 11 is 0. The molecule has 7 heteroatoms. The summed E-state index contributed by atoms with van der Waals surface area (Å²) in [6.07, 6.45) is 1.97. The molecule has 0 fully saturated rings. The molecule has 1 amide bonds. The molecular formula is C26H29NO6. The number of esters is 1. The Morgan fingerprint density at radius 2 is 1.79 bits per heavy atom. The number of benzene rings is 2. The van der Waals surface area contributed by atoms with Gasteiger partial charge in [0.25, 0.3) is 0 Å². The van der Waals surface area contributed by atoms with Crippen molar-refractivity contribution < 1.29 is 23.5 Å². The third-order valence-corrected chi connectivity index (χ3v) is 4.85. The van der Waals surface area contributed by atoms with Crippen LogP contribution in [0, 0.1) is 0 Å². The van der Waals surface area contributed by atoms with Crippen LogP contribution in [0.2, 0.25) is 0 Å². The van der Waals surface area contributed by atoms with Gasteiger partial charge in [-0.15, -0.1) is 0 Å². The molecule has 0 aliphatic carbocycles. The average Bonchev–Trinajstić information content (AvgIpc) is 2.74. The van der Waals surface area contributed by atoms with Gasteiger partial charge in [0.2, 0.25) is 0 Å². The minimum Gasteiger partial charge on any atom is -0.444 e. The Labute approximate surface area is 192 Å². The minimum atomic E-state index is -1.08. The Kier molecular flexibility index (Phi) is 7.53. The van der Waals surface area contributed by atoms with Gasteiger partial charge in [-0.25, -0.2) is 14.4 Å². The second-order valence-electron chi connectivity index (χ2n) is 8.76. The largest absolute Gasteiger partial charge is 0.444 e. The molecule has 0 saturated carbocycles. The van der Waals surface area contributed by atoms with Gasteiger partial charge in [-0.05, 0) is 56.9 Å². The maximum Gasteiger partial charge on any atom is 0.408 e. The Morgan fingerprint density at radius 3 is 2.45 bits per heavy atom. The zero-order chi connectivity index (χ0) is 24.0. The van der Waals surface area contributed by atoms with Crippen molar-refractivity contribution in [2.75, 3.05) is 0 Å². The van der Waals surface area contributed by atoms with Crippen molar-refractivity contribution in [2.45, 2.75) is 58.6 Å². The van der Waals surface area contributed by atoms with Crippen molar-refractivity contribution in [1.82, 2.24) is 5.32 Å². The van der Waals surface area contributed by atoms with E-state index in [-0.39, 0.29) is 5.75 Å². The summed E-state index contributed by atoms with van der Waals surface area (Å²) < 4.78 is 16.2. The number of ether oxygens (including phenoxy) is 2. The van der Waals surface area contributed by atoms with Crippen LogP contribution in [-0.2, 0) is 16.0 Å². The van der Waals surface area contributed by atoms with Crippen molar-refractivity contribution in [3.05, 3.63) is 76.1 Å². The van der Waals surface area contributed by atoms with Gasteiger partial charge in [0, 0.05) is 17.5 Å². The predicted molar refractivity (Wildman–Crippen MR) is 125 cm³/mol. The molecule has 0 bridgehead atoms. The summed E-state index contributed by atoms with van der Waals surface area (Å²) in [5, 5.41) is 3.38. The van der Waals surface area contributed by atoms with E-state index in [1.165, 1.54) is 12.1 Å². The highest BCUT2D eigenvalue weighted by Crippen LogP contribution is 2.25. The topological polar surface area (TPSA) is 94.8 Å². The highest BCUT2D eigenvalue weighted by atomic mass is 16.6. The van der Waals surface area contributed by atoms with E-state index in [1.807, 2.05) is 0 Å². The first-order valence-corrected chi connectivity index (χ1v) is 11.0. The second kappa shape index (κ2) is 10.3. The standard InChI is InChI=1S/C26H29NO6/c1-5-6-10-18-15-22(28)32-21-16-19(13-14-20(18)21)31-24(29)23(17-11-8-7-9-12-17)27-25(30)33-26(2,3)4/h7-9,11-16,23H,5-6,10H2,1-4H3,(H,27,30). The summed E-state index contributed by atoms with van der Waals surface area (Å²) in [6, 6.07) is 14.1. The first-order chi connectivity index (χ1) is 15.7. The molecule has 0 saturated heterocycles. The highest BCUT2D eigenvalue weighted by Gasteiger charge is 2.27. The fraction of sp³-hybridized carbons (Fsp3) is 0.346. The fourth-order valence-electron chi connectivity index (χ4n) is 3.37. The lowest BCUT2D eigenvalue weighted by atomic mass is 10.0. The third kappa shape index (κ3) is 6.68. The molecular weight excluding hydrogens is 422 g/mol. The molecule has 0 radical (unpaired) electrons. The molecule has 1 aromatic heterocycles. The van der Waals surface area contributed by atoms with E-state index in [0.29, 0.717) is 11.1 Å². The van der Waals surface area contributed by atoms with Gasteiger partial charge in [-0.3, -0.25) is 0 Å². The number of rotatable bonds is 7. The van der Waals surface area contributed by atoms with E-state index >= 15 is 0 Å². The number of carbonyl (C=O) groups is 2. The lowest BCUT2D eigenvalue weighted by Crippen LogP contribution is -2.39. The first kappa shape index (κ1) is 24.0. The quantitative estimate of drug-likeness (QED) is 0.297. The monoisotopic (exact) mass is 451 g/mol. The molecule has 2 aromatic carbocycles. The van der Waals surface area contributed by atoms with E-state index in [4.69, 9.17) is 13.9 Å². The number of aryl methyl sites for hydroxylation is 1. The first-order valence-electron chi connectivity index (χ1n) is 11.0. The SMILES string of the molecule is CCCCc1cc(=O)oc2cc(OC(=O)C(NC(=O)OC(C)(C)C)c3ccccc3)ccc12. The molecule has 174 valence electrons. The van der Waals surface area contributed by atoms with Crippen LogP contribution < -0.4 is 15.7 Å². The van der Waals surface area contributed by atoms with Crippen LogP contribution >= 0.6 is 0 Å². The van der Waals surface area contributed by atoms with Crippen molar-refractivity contribution in [2.24, 2.45) is 0 Å². The molecule has 1 heterocycles. The zero-order valence-electron chi connectivity index (χ0n) is 19.3.